The van der Waals surface area contributed by atoms with Crippen molar-refractivity contribution in [1.29, 1.82) is 0 Å². The highest BCUT2D eigenvalue weighted by Gasteiger charge is 2.15. The van der Waals surface area contributed by atoms with Crippen LogP contribution in [-0.4, -0.2) is 27.4 Å². The Kier molecular flexibility index (Phi) is 7.87. The van der Waals surface area contributed by atoms with E-state index in [2.05, 4.69) is 10.0 Å². The SMILES string of the molecule is CNS(=O)(=O)c1cc(NC(=O)CCC(C)N)ccc1C.Cl. The summed E-state index contributed by atoms with van der Waals surface area (Å²) in [5, 5.41) is 2.67. The molecule has 1 amide bonds. The molecular weight excluding hydrogens is 314 g/mol. The molecule has 8 heteroatoms. The maximum absolute atomic E-state index is 11.8. The number of rotatable bonds is 6. The van der Waals surface area contributed by atoms with Crippen LogP contribution in [0.4, 0.5) is 5.69 Å². The second kappa shape index (κ2) is 8.33. The molecule has 0 aliphatic rings. The summed E-state index contributed by atoms with van der Waals surface area (Å²) in [4.78, 5) is 11.9. The topological polar surface area (TPSA) is 101 Å². The fourth-order valence-corrected chi connectivity index (χ4v) is 2.65. The van der Waals surface area contributed by atoms with E-state index in [9.17, 15) is 13.2 Å². The minimum absolute atomic E-state index is 0. The number of halogens is 1. The van der Waals surface area contributed by atoms with E-state index in [1.807, 2.05) is 6.92 Å². The van der Waals surface area contributed by atoms with Crippen LogP contribution in [0.3, 0.4) is 0 Å². The molecule has 0 heterocycles. The normalized spacial score (nSPS) is 12.4. The van der Waals surface area contributed by atoms with Crippen LogP contribution >= 0.6 is 12.4 Å². The fraction of sp³-hybridized carbons (Fsp3) is 0.462. The lowest BCUT2D eigenvalue weighted by molar-refractivity contribution is -0.116. The number of benzene rings is 1. The van der Waals surface area contributed by atoms with Crippen molar-refractivity contribution in [3.63, 3.8) is 0 Å². The van der Waals surface area contributed by atoms with Gasteiger partial charge in [0, 0.05) is 18.2 Å². The number of sulfonamides is 1. The largest absolute Gasteiger partial charge is 0.328 e. The van der Waals surface area contributed by atoms with Crippen molar-refractivity contribution in [2.24, 2.45) is 5.73 Å². The molecule has 0 saturated heterocycles. The fourth-order valence-electron chi connectivity index (χ4n) is 1.66. The zero-order valence-electron chi connectivity index (χ0n) is 12.3. The van der Waals surface area contributed by atoms with Gasteiger partial charge in [-0.15, -0.1) is 12.4 Å². The number of nitrogens with one attached hydrogen (secondary N) is 2. The first-order chi connectivity index (χ1) is 9.26. The first kappa shape index (κ1) is 19.9. The lowest BCUT2D eigenvalue weighted by Crippen LogP contribution is -2.21. The van der Waals surface area contributed by atoms with E-state index in [1.165, 1.54) is 13.1 Å². The Labute approximate surface area is 132 Å². The minimum Gasteiger partial charge on any atom is -0.328 e. The highest BCUT2D eigenvalue weighted by atomic mass is 35.5. The number of amides is 1. The van der Waals surface area contributed by atoms with E-state index in [4.69, 9.17) is 5.73 Å². The Morgan fingerprint density at radius 1 is 1.38 bits per heavy atom. The first-order valence-electron chi connectivity index (χ1n) is 6.36. The first-order valence-corrected chi connectivity index (χ1v) is 7.84. The van der Waals surface area contributed by atoms with Crippen molar-refractivity contribution in [3.05, 3.63) is 23.8 Å². The number of hydrogen-bond donors (Lipinski definition) is 3. The molecule has 0 spiro atoms. The molecule has 0 saturated carbocycles. The molecule has 21 heavy (non-hydrogen) atoms. The molecule has 0 aliphatic carbocycles. The third kappa shape index (κ3) is 6.01. The van der Waals surface area contributed by atoms with Gasteiger partial charge in [-0.3, -0.25) is 4.79 Å². The van der Waals surface area contributed by atoms with E-state index >= 15 is 0 Å². The molecule has 0 fully saturated rings. The Balaban J connectivity index is 0.00000400. The predicted molar refractivity (Wildman–Crippen MR) is 86.2 cm³/mol. The van der Waals surface area contributed by atoms with Gasteiger partial charge in [0.15, 0.2) is 0 Å². The highest BCUT2D eigenvalue weighted by Crippen LogP contribution is 2.20. The summed E-state index contributed by atoms with van der Waals surface area (Å²) in [6.07, 6.45) is 0.888. The summed E-state index contributed by atoms with van der Waals surface area (Å²) >= 11 is 0. The Hall–Kier alpha value is -1.15. The van der Waals surface area contributed by atoms with E-state index in [0.717, 1.165) is 0 Å². The molecule has 1 aromatic carbocycles. The Morgan fingerprint density at radius 2 is 2.00 bits per heavy atom. The van der Waals surface area contributed by atoms with Crippen molar-refractivity contribution in [1.82, 2.24) is 4.72 Å². The van der Waals surface area contributed by atoms with Crippen LogP contribution in [0.15, 0.2) is 23.1 Å². The van der Waals surface area contributed by atoms with Gasteiger partial charge >= 0.3 is 0 Å². The number of carbonyl (C=O) groups is 1. The number of hydrogen-bond acceptors (Lipinski definition) is 4. The third-order valence-electron chi connectivity index (χ3n) is 2.86. The lowest BCUT2D eigenvalue weighted by Gasteiger charge is -2.11. The molecule has 4 N–H and O–H groups in total. The molecule has 1 atom stereocenters. The van der Waals surface area contributed by atoms with Gasteiger partial charge in [-0.1, -0.05) is 6.07 Å². The Morgan fingerprint density at radius 3 is 2.52 bits per heavy atom. The van der Waals surface area contributed by atoms with Crippen molar-refractivity contribution in [2.75, 3.05) is 12.4 Å². The van der Waals surface area contributed by atoms with Crippen molar-refractivity contribution in [3.8, 4) is 0 Å². The predicted octanol–water partition coefficient (Wildman–Crippen LogP) is 1.39. The zero-order valence-corrected chi connectivity index (χ0v) is 14.0. The second-order valence-corrected chi connectivity index (χ2v) is 6.61. The van der Waals surface area contributed by atoms with E-state index in [-0.39, 0.29) is 29.3 Å². The highest BCUT2D eigenvalue weighted by molar-refractivity contribution is 7.89. The Bertz CT molecular complexity index is 588. The number of nitrogens with two attached hydrogens (primary N) is 1. The molecule has 120 valence electrons. The van der Waals surface area contributed by atoms with Crippen LogP contribution in [0.25, 0.3) is 0 Å². The van der Waals surface area contributed by atoms with Crippen molar-refractivity contribution < 1.29 is 13.2 Å². The van der Waals surface area contributed by atoms with Crippen molar-refractivity contribution >= 4 is 34.0 Å². The van der Waals surface area contributed by atoms with Gasteiger partial charge < -0.3 is 11.1 Å². The summed E-state index contributed by atoms with van der Waals surface area (Å²) in [5.74, 6) is -0.182. The molecular formula is C13H22ClN3O3S. The zero-order chi connectivity index (χ0) is 15.3. The maximum Gasteiger partial charge on any atom is 0.240 e. The summed E-state index contributed by atoms with van der Waals surface area (Å²) in [7, 11) is -2.18. The van der Waals surface area contributed by atoms with Gasteiger partial charge in [0.25, 0.3) is 0 Å². The minimum atomic E-state index is -3.53. The molecule has 0 aliphatic heterocycles. The summed E-state index contributed by atoms with van der Waals surface area (Å²) in [6.45, 7) is 3.53. The van der Waals surface area contributed by atoms with Crippen LogP contribution in [0, 0.1) is 6.92 Å². The van der Waals surface area contributed by atoms with E-state index in [1.54, 1.807) is 19.1 Å². The van der Waals surface area contributed by atoms with Crippen LogP contribution in [-0.2, 0) is 14.8 Å². The van der Waals surface area contributed by atoms with E-state index in [0.29, 0.717) is 24.1 Å². The summed E-state index contributed by atoms with van der Waals surface area (Å²) in [5.41, 5.74) is 6.66. The molecule has 6 nitrogen and oxygen atoms in total. The summed E-state index contributed by atoms with van der Waals surface area (Å²) < 4.78 is 25.9. The molecule has 1 aromatic rings. The molecule has 0 aromatic heterocycles. The van der Waals surface area contributed by atoms with Crippen LogP contribution in [0.1, 0.15) is 25.3 Å². The third-order valence-corrected chi connectivity index (χ3v) is 4.41. The van der Waals surface area contributed by atoms with Crippen molar-refractivity contribution in [2.45, 2.75) is 37.6 Å². The molecule has 0 bridgehead atoms. The maximum atomic E-state index is 11.8. The number of anilines is 1. The summed E-state index contributed by atoms with van der Waals surface area (Å²) in [6, 6.07) is 4.74. The quantitative estimate of drug-likeness (QED) is 0.731. The average Bonchev–Trinajstić information content (AvgIpc) is 2.38. The molecule has 0 radical (unpaired) electrons. The van der Waals surface area contributed by atoms with Gasteiger partial charge in [0.2, 0.25) is 15.9 Å². The van der Waals surface area contributed by atoms with E-state index < -0.39 is 10.0 Å². The van der Waals surface area contributed by atoms with Crippen LogP contribution < -0.4 is 15.8 Å². The van der Waals surface area contributed by atoms with Crippen LogP contribution in [0.2, 0.25) is 0 Å². The lowest BCUT2D eigenvalue weighted by atomic mass is 10.2. The molecule has 1 rings (SSSR count). The van der Waals surface area contributed by atoms with Gasteiger partial charge in [0.05, 0.1) is 4.90 Å². The molecule has 1 unspecified atom stereocenters. The standard InChI is InChI=1S/C13H21N3O3S.ClH/c1-9-4-6-11(8-12(9)20(18,19)15-3)16-13(17)7-5-10(2)14;/h4,6,8,10,15H,5,7,14H2,1-3H3,(H,16,17);1H. The van der Waals surface area contributed by atoms with Gasteiger partial charge in [-0.2, -0.15) is 0 Å². The van der Waals surface area contributed by atoms with Crippen LogP contribution in [0.5, 0.6) is 0 Å². The second-order valence-electron chi connectivity index (χ2n) is 4.75. The number of carbonyl (C=O) groups excluding carboxylic acids is 1. The van der Waals surface area contributed by atoms with Gasteiger partial charge in [0.1, 0.15) is 0 Å². The van der Waals surface area contributed by atoms with Gasteiger partial charge in [-0.05, 0) is 45.0 Å². The monoisotopic (exact) mass is 335 g/mol. The average molecular weight is 336 g/mol. The van der Waals surface area contributed by atoms with Gasteiger partial charge in [-0.25, -0.2) is 13.1 Å². The number of aryl methyl sites for hydroxylation is 1. The smallest absolute Gasteiger partial charge is 0.240 e.